The molecule has 3 rings (SSSR count). The van der Waals surface area contributed by atoms with Gasteiger partial charge in [-0.15, -0.1) is 0 Å². The Balaban J connectivity index is 1.65. The molecule has 1 N–H and O–H groups in total. The predicted octanol–water partition coefficient (Wildman–Crippen LogP) is 3.36. The molecule has 0 aliphatic carbocycles. The van der Waals surface area contributed by atoms with Gasteiger partial charge in [0.2, 0.25) is 0 Å². The van der Waals surface area contributed by atoms with Crippen molar-refractivity contribution >= 4 is 11.6 Å². The van der Waals surface area contributed by atoms with Crippen LogP contribution < -0.4 is 14.8 Å². The Morgan fingerprint density at radius 2 is 1.48 bits per heavy atom. The molecular formula is C18H14N2O3. The number of nitrogens with zero attached hydrogens (tertiary/aromatic N) is 1. The van der Waals surface area contributed by atoms with Crippen molar-refractivity contribution in [2.45, 2.75) is 0 Å². The molecule has 3 aromatic rings. The van der Waals surface area contributed by atoms with Crippen molar-refractivity contribution in [3.8, 4) is 11.5 Å². The van der Waals surface area contributed by atoms with E-state index in [4.69, 9.17) is 4.74 Å². The average molecular weight is 306 g/mol. The van der Waals surface area contributed by atoms with Crippen LogP contribution in [0, 0.1) is 5.21 Å². The maximum atomic E-state index is 12.0. The van der Waals surface area contributed by atoms with Gasteiger partial charge in [-0.25, -0.2) is 0 Å². The number of hydrogen-bond acceptors (Lipinski definition) is 3. The number of para-hydroxylation sites is 1. The van der Waals surface area contributed by atoms with Crippen molar-refractivity contribution in [3.63, 3.8) is 0 Å². The highest BCUT2D eigenvalue weighted by Crippen LogP contribution is 2.22. The first kappa shape index (κ1) is 14.6. The molecule has 2 aromatic carbocycles. The largest absolute Gasteiger partial charge is 0.619 e. The van der Waals surface area contributed by atoms with Crippen LogP contribution in [0.3, 0.4) is 0 Å². The van der Waals surface area contributed by atoms with E-state index in [2.05, 4.69) is 5.32 Å². The van der Waals surface area contributed by atoms with Gasteiger partial charge in [0.05, 0.1) is 5.56 Å². The third-order valence-corrected chi connectivity index (χ3v) is 3.16. The summed E-state index contributed by atoms with van der Waals surface area (Å²) in [6, 6.07) is 19.5. The van der Waals surface area contributed by atoms with E-state index in [1.807, 2.05) is 30.3 Å². The zero-order valence-corrected chi connectivity index (χ0v) is 12.2. The van der Waals surface area contributed by atoms with E-state index in [1.165, 1.54) is 24.5 Å². The number of pyridine rings is 1. The van der Waals surface area contributed by atoms with Gasteiger partial charge in [0.1, 0.15) is 11.5 Å². The zero-order valence-electron chi connectivity index (χ0n) is 12.2. The third kappa shape index (κ3) is 3.85. The molecule has 0 aliphatic rings. The van der Waals surface area contributed by atoms with E-state index >= 15 is 0 Å². The number of carbonyl (C=O) groups excluding carboxylic acids is 1. The first-order valence-electron chi connectivity index (χ1n) is 7.04. The normalized spacial score (nSPS) is 10.1. The number of rotatable bonds is 4. The van der Waals surface area contributed by atoms with Gasteiger partial charge in [-0.05, 0) is 36.4 Å². The van der Waals surface area contributed by atoms with Crippen LogP contribution in [-0.4, -0.2) is 5.91 Å². The SMILES string of the molecule is O=C(Nc1ccc(Oc2ccccc2)cc1)c1cc[n+]([O-])cc1. The highest BCUT2D eigenvalue weighted by atomic mass is 16.5. The molecule has 5 nitrogen and oxygen atoms in total. The van der Waals surface area contributed by atoms with E-state index in [0.29, 0.717) is 21.7 Å². The summed E-state index contributed by atoms with van der Waals surface area (Å²) in [4.78, 5) is 12.0. The molecule has 0 saturated carbocycles. The summed E-state index contributed by atoms with van der Waals surface area (Å²) in [5.74, 6) is 1.16. The molecule has 0 bridgehead atoms. The van der Waals surface area contributed by atoms with Crippen LogP contribution in [0.15, 0.2) is 79.1 Å². The lowest BCUT2D eigenvalue weighted by Crippen LogP contribution is -2.25. The molecular weight excluding hydrogens is 292 g/mol. The van der Waals surface area contributed by atoms with Crippen molar-refractivity contribution in [2.24, 2.45) is 0 Å². The number of anilines is 1. The second-order valence-electron chi connectivity index (χ2n) is 4.84. The maximum Gasteiger partial charge on any atom is 0.256 e. The van der Waals surface area contributed by atoms with Gasteiger partial charge in [0, 0.05) is 17.8 Å². The highest BCUT2D eigenvalue weighted by Gasteiger charge is 2.07. The van der Waals surface area contributed by atoms with Crippen LogP contribution in [-0.2, 0) is 0 Å². The number of ether oxygens (including phenoxy) is 1. The van der Waals surface area contributed by atoms with Crippen LogP contribution in [0.4, 0.5) is 5.69 Å². The van der Waals surface area contributed by atoms with Crippen molar-refractivity contribution in [3.05, 3.63) is 89.9 Å². The lowest BCUT2D eigenvalue weighted by Gasteiger charge is -2.08. The second kappa shape index (κ2) is 6.62. The lowest BCUT2D eigenvalue weighted by atomic mass is 10.2. The Hall–Kier alpha value is -3.34. The summed E-state index contributed by atoms with van der Waals surface area (Å²) in [7, 11) is 0. The van der Waals surface area contributed by atoms with Crippen LogP contribution in [0.25, 0.3) is 0 Å². The maximum absolute atomic E-state index is 12.0. The minimum atomic E-state index is -0.276. The van der Waals surface area contributed by atoms with E-state index in [-0.39, 0.29) is 5.91 Å². The first-order valence-corrected chi connectivity index (χ1v) is 7.04. The van der Waals surface area contributed by atoms with E-state index < -0.39 is 0 Å². The monoisotopic (exact) mass is 306 g/mol. The smallest absolute Gasteiger partial charge is 0.256 e. The molecule has 0 fully saturated rings. The first-order chi connectivity index (χ1) is 11.2. The van der Waals surface area contributed by atoms with Crippen molar-refractivity contribution < 1.29 is 14.3 Å². The molecule has 0 atom stereocenters. The Kier molecular flexibility index (Phi) is 4.20. The van der Waals surface area contributed by atoms with Crippen molar-refractivity contribution in [1.82, 2.24) is 0 Å². The standard InChI is InChI=1S/C18H14N2O3/c21-18(14-10-12-20(22)13-11-14)19-15-6-8-17(9-7-15)23-16-4-2-1-3-5-16/h1-13H,(H,19,21). The average Bonchev–Trinajstić information content (AvgIpc) is 2.58. The summed E-state index contributed by atoms with van der Waals surface area (Å²) in [5, 5.41) is 13.7. The summed E-state index contributed by atoms with van der Waals surface area (Å²) in [6.45, 7) is 0. The topological polar surface area (TPSA) is 65.3 Å². The Bertz CT molecular complexity index is 785. The molecule has 0 saturated heterocycles. The van der Waals surface area contributed by atoms with Crippen LogP contribution >= 0.6 is 0 Å². The van der Waals surface area contributed by atoms with Crippen LogP contribution in [0.5, 0.6) is 11.5 Å². The molecule has 0 spiro atoms. The van der Waals surface area contributed by atoms with Gasteiger partial charge in [0.15, 0.2) is 12.4 Å². The number of benzene rings is 2. The predicted molar refractivity (Wildman–Crippen MR) is 86.3 cm³/mol. The summed E-state index contributed by atoms with van der Waals surface area (Å²) in [5.41, 5.74) is 1.07. The summed E-state index contributed by atoms with van der Waals surface area (Å²) >= 11 is 0. The molecule has 1 amide bonds. The zero-order chi connectivity index (χ0) is 16.1. The Morgan fingerprint density at radius 3 is 2.13 bits per heavy atom. The molecule has 114 valence electrons. The third-order valence-electron chi connectivity index (χ3n) is 3.16. The van der Waals surface area contributed by atoms with Gasteiger partial charge in [0.25, 0.3) is 5.91 Å². The minimum Gasteiger partial charge on any atom is -0.619 e. The molecule has 0 unspecified atom stereocenters. The second-order valence-corrected chi connectivity index (χ2v) is 4.84. The molecule has 23 heavy (non-hydrogen) atoms. The molecule has 1 aromatic heterocycles. The van der Waals surface area contributed by atoms with Crippen LogP contribution in [0.1, 0.15) is 10.4 Å². The Labute approximate surface area is 133 Å². The summed E-state index contributed by atoms with van der Waals surface area (Å²) < 4.78 is 6.32. The number of carbonyl (C=O) groups is 1. The van der Waals surface area contributed by atoms with Crippen molar-refractivity contribution in [1.29, 1.82) is 0 Å². The van der Waals surface area contributed by atoms with Gasteiger partial charge < -0.3 is 15.3 Å². The fourth-order valence-corrected chi connectivity index (χ4v) is 2.00. The molecule has 0 radical (unpaired) electrons. The van der Waals surface area contributed by atoms with E-state index in [1.54, 1.807) is 24.3 Å². The van der Waals surface area contributed by atoms with Crippen molar-refractivity contribution in [2.75, 3.05) is 5.32 Å². The van der Waals surface area contributed by atoms with Gasteiger partial charge in [-0.1, -0.05) is 18.2 Å². The van der Waals surface area contributed by atoms with Gasteiger partial charge >= 0.3 is 0 Å². The number of hydrogen-bond donors (Lipinski definition) is 1. The quantitative estimate of drug-likeness (QED) is 0.593. The Morgan fingerprint density at radius 1 is 0.870 bits per heavy atom. The number of amides is 1. The fourth-order valence-electron chi connectivity index (χ4n) is 2.00. The molecule has 5 heteroatoms. The number of nitrogens with one attached hydrogen (secondary N) is 1. The van der Waals surface area contributed by atoms with Gasteiger partial charge in [-0.2, -0.15) is 4.73 Å². The fraction of sp³-hybridized carbons (Fsp3) is 0. The number of aromatic nitrogens is 1. The highest BCUT2D eigenvalue weighted by molar-refractivity contribution is 6.04. The molecule has 1 heterocycles. The minimum absolute atomic E-state index is 0.276. The lowest BCUT2D eigenvalue weighted by molar-refractivity contribution is -0.605. The van der Waals surface area contributed by atoms with Crippen LogP contribution in [0.2, 0.25) is 0 Å². The molecule has 0 aliphatic heterocycles. The summed E-state index contributed by atoms with van der Waals surface area (Å²) in [6.07, 6.45) is 2.57. The van der Waals surface area contributed by atoms with Gasteiger partial charge in [-0.3, -0.25) is 4.79 Å². The van der Waals surface area contributed by atoms with E-state index in [9.17, 15) is 10.0 Å². The van der Waals surface area contributed by atoms with E-state index in [0.717, 1.165) is 5.75 Å².